The molecule has 0 unspecified atom stereocenters. The second-order valence-corrected chi connectivity index (χ2v) is 5.91. The van der Waals surface area contributed by atoms with E-state index in [1.807, 2.05) is 18.0 Å². The van der Waals surface area contributed by atoms with E-state index in [0.29, 0.717) is 16.5 Å². The largest absolute Gasteiger partial charge is 0.338 e. The lowest BCUT2D eigenvalue weighted by atomic mass is 10.1. The third kappa shape index (κ3) is 3.05. The first kappa shape index (κ1) is 13.8. The van der Waals surface area contributed by atoms with E-state index in [4.69, 9.17) is 11.6 Å². The molecule has 1 atom stereocenters. The van der Waals surface area contributed by atoms with Crippen LogP contribution in [0, 0.1) is 5.92 Å². The molecular weight excluding hydrogens is 316 g/mol. The molecule has 0 aromatic heterocycles. The van der Waals surface area contributed by atoms with E-state index in [-0.39, 0.29) is 5.91 Å². The molecule has 1 aliphatic rings. The summed E-state index contributed by atoms with van der Waals surface area (Å²) in [7, 11) is 1.94. The first-order chi connectivity index (χ1) is 8.61. The summed E-state index contributed by atoms with van der Waals surface area (Å²) in [5, 5.41) is 3.67. The number of nitrogens with one attached hydrogen (secondary N) is 1. The Hall–Kier alpha value is -0.580. The minimum absolute atomic E-state index is 0.0277. The summed E-state index contributed by atoms with van der Waals surface area (Å²) in [6.45, 7) is 2.58. The van der Waals surface area contributed by atoms with Gasteiger partial charge in [-0.05, 0) is 44.1 Å². The lowest BCUT2D eigenvalue weighted by Crippen LogP contribution is -2.30. The normalized spacial score (nSPS) is 19.3. The third-order valence-electron chi connectivity index (χ3n) is 3.22. The van der Waals surface area contributed by atoms with Gasteiger partial charge in [0.1, 0.15) is 0 Å². The summed E-state index contributed by atoms with van der Waals surface area (Å²) in [4.78, 5) is 14.3. The molecule has 0 saturated carbocycles. The highest BCUT2D eigenvalue weighted by Gasteiger charge is 2.27. The molecule has 0 radical (unpaired) electrons. The van der Waals surface area contributed by atoms with Crippen molar-refractivity contribution in [1.82, 2.24) is 10.2 Å². The molecule has 1 N–H and O–H groups in total. The molecule has 5 heteroatoms. The maximum Gasteiger partial charge on any atom is 0.255 e. The van der Waals surface area contributed by atoms with Crippen LogP contribution in [-0.2, 0) is 0 Å². The van der Waals surface area contributed by atoms with E-state index in [1.165, 1.54) is 0 Å². The summed E-state index contributed by atoms with van der Waals surface area (Å²) in [5.41, 5.74) is 0.580. The Bertz CT molecular complexity index is 453. The molecule has 1 heterocycles. The lowest BCUT2D eigenvalue weighted by molar-refractivity contribution is 0.0787. The monoisotopic (exact) mass is 330 g/mol. The number of carbonyl (C=O) groups excluding carboxylic acids is 1. The van der Waals surface area contributed by atoms with E-state index in [9.17, 15) is 4.79 Å². The highest BCUT2D eigenvalue weighted by molar-refractivity contribution is 9.10. The van der Waals surface area contributed by atoms with E-state index < -0.39 is 0 Å². The Balaban J connectivity index is 2.10. The molecule has 0 aliphatic carbocycles. The molecule has 1 aromatic rings. The van der Waals surface area contributed by atoms with Gasteiger partial charge in [0.2, 0.25) is 0 Å². The Labute approximate surface area is 121 Å². The Kier molecular flexibility index (Phi) is 4.65. The molecule has 0 bridgehead atoms. The van der Waals surface area contributed by atoms with Gasteiger partial charge in [-0.25, -0.2) is 0 Å². The van der Waals surface area contributed by atoms with Crippen molar-refractivity contribution < 1.29 is 4.79 Å². The van der Waals surface area contributed by atoms with Crippen LogP contribution in [-0.4, -0.2) is 37.5 Å². The summed E-state index contributed by atoms with van der Waals surface area (Å²) in [6, 6.07) is 5.38. The van der Waals surface area contributed by atoms with Gasteiger partial charge in [0.05, 0.1) is 10.6 Å². The molecule has 2 rings (SSSR count). The van der Waals surface area contributed by atoms with E-state index in [1.54, 1.807) is 12.1 Å². The van der Waals surface area contributed by atoms with Crippen LogP contribution in [0.3, 0.4) is 0 Å². The number of hydrogen-bond acceptors (Lipinski definition) is 2. The third-order valence-corrected chi connectivity index (χ3v) is 4.05. The lowest BCUT2D eigenvalue weighted by Gasteiger charge is -2.17. The molecule has 1 aliphatic heterocycles. The number of benzene rings is 1. The first-order valence-electron chi connectivity index (χ1n) is 6.00. The number of halogens is 2. The van der Waals surface area contributed by atoms with Crippen LogP contribution in [0.1, 0.15) is 16.8 Å². The number of carbonyl (C=O) groups is 1. The van der Waals surface area contributed by atoms with Gasteiger partial charge in [-0.2, -0.15) is 0 Å². The Morgan fingerprint density at radius 3 is 3.11 bits per heavy atom. The van der Waals surface area contributed by atoms with Crippen LogP contribution in [0.25, 0.3) is 0 Å². The molecule has 1 amide bonds. The van der Waals surface area contributed by atoms with Crippen molar-refractivity contribution in [1.29, 1.82) is 0 Å². The highest BCUT2D eigenvalue weighted by Crippen LogP contribution is 2.25. The van der Waals surface area contributed by atoms with Gasteiger partial charge in [0, 0.05) is 17.6 Å². The fraction of sp³-hybridized carbons (Fsp3) is 0.462. The number of likely N-dealkylation sites (tertiary alicyclic amines) is 1. The zero-order valence-corrected chi connectivity index (χ0v) is 12.6. The first-order valence-corrected chi connectivity index (χ1v) is 7.18. The molecule has 1 aromatic carbocycles. The van der Waals surface area contributed by atoms with Crippen molar-refractivity contribution in [2.24, 2.45) is 5.92 Å². The number of amides is 1. The van der Waals surface area contributed by atoms with Gasteiger partial charge in [-0.3, -0.25) is 4.79 Å². The van der Waals surface area contributed by atoms with Crippen molar-refractivity contribution >= 4 is 33.4 Å². The molecule has 3 nitrogen and oxygen atoms in total. The van der Waals surface area contributed by atoms with Crippen LogP contribution in [0.5, 0.6) is 0 Å². The van der Waals surface area contributed by atoms with Crippen molar-refractivity contribution in [3.8, 4) is 0 Å². The van der Waals surface area contributed by atoms with Crippen molar-refractivity contribution in [3.63, 3.8) is 0 Å². The predicted octanol–water partition coefficient (Wildman–Crippen LogP) is 2.78. The van der Waals surface area contributed by atoms with Gasteiger partial charge in [-0.15, -0.1) is 0 Å². The Morgan fingerprint density at radius 1 is 1.61 bits per heavy atom. The van der Waals surface area contributed by atoms with Crippen molar-refractivity contribution in [2.45, 2.75) is 6.42 Å². The molecular formula is C13H16BrClN2O. The predicted molar refractivity (Wildman–Crippen MR) is 77.1 cm³/mol. The fourth-order valence-electron chi connectivity index (χ4n) is 2.30. The second-order valence-electron chi connectivity index (χ2n) is 4.59. The molecule has 98 valence electrons. The summed E-state index contributed by atoms with van der Waals surface area (Å²) in [6.07, 6.45) is 1.05. The number of hydrogen-bond donors (Lipinski definition) is 1. The Morgan fingerprint density at radius 2 is 2.39 bits per heavy atom. The van der Waals surface area contributed by atoms with Crippen molar-refractivity contribution in [2.75, 3.05) is 26.7 Å². The van der Waals surface area contributed by atoms with Gasteiger partial charge >= 0.3 is 0 Å². The number of rotatable bonds is 3. The van der Waals surface area contributed by atoms with Gasteiger partial charge in [0.25, 0.3) is 5.91 Å². The quantitative estimate of drug-likeness (QED) is 0.924. The standard InChI is InChI=1S/C13H16BrClN2O/c1-16-7-9-4-5-17(8-9)13(18)11-6-10(14)2-3-12(11)15/h2-3,6,9,16H,4-5,7-8H2,1H3/t9-/m1/s1. The molecule has 1 fully saturated rings. The zero-order chi connectivity index (χ0) is 13.1. The number of nitrogens with zero attached hydrogens (tertiary/aromatic N) is 1. The van der Waals surface area contributed by atoms with Gasteiger partial charge in [-0.1, -0.05) is 27.5 Å². The zero-order valence-electron chi connectivity index (χ0n) is 10.2. The second kappa shape index (κ2) is 6.04. The van der Waals surface area contributed by atoms with Crippen LogP contribution in [0.15, 0.2) is 22.7 Å². The van der Waals surface area contributed by atoms with E-state index in [0.717, 1.165) is 30.5 Å². The minimum atomic E-state index is 0.0277. The summed E-state index contributed by atoms with van der Waals surface area (Å²) >= 11 is 9.46. The average molecular weight is 332 g/mol. The average Bonchev–Trinajstić information content (AvgIpc) is 2.80. The van der Waals surface area contributed by atoms with Crippen LogP contribution in [0.2, 0.25) is 5.02 Å². The van der Waals surface area contributed by atoms with E-state index >= 15 is 0 Å². The smallest absolute Gasteiger partial charge is 0.255 e. The minimum Gasteiger partial charge on any atom is -0.338 e. The molecule has 0 spiro atoms. The topological polar surface area (TPSA) is 32.3 Å². The van der Waals surface area contributed by atoms with Gasteiger partial charge < -0.3 is 10.2 Å². The van der Waals surface area contributed by atoms with Crippen LogP contribution >= 0.6 is 27.5 Å². The molecule has 18 heavy (non-hydrogen) atoms. The maximum atomic E-state index is 12.4. The summed E-state index contributed by atoms with van der Waals surface area (Å²) in [5.74, 6) is 0.574. The van der Waals surface area contributed by atoms with Crippen LogP contribution < -0.4 is 5.32 Å². The SMILES string of the molecule is CNC[C@H]1CCN(C(=O)c2cc(Br)ccc2Cl)C1. The van der Waals surface area contributed by atoms with Crippen molar-refractivity contribution in [3.05, 3.63) is 33.3 Å². The molecule has 1 saturated heterocycles. The highest BCUT2D eigenvalue weighted by atomic mass is 79.9. The van der Waals surface area contributed by atoms with Gasteiger partial charge in [0.15, 0.2) is 0 Å². The maximum absolute atomic E-state index is 12.4. The fourth-order valence-corrected chi connectivity index (χ4v) is 2.86. The van der Waals surface area contributed by atoms with E-state index in [2.05, 4.69) is 21.2 Å². The van der Waals surface area contributed by atoms with Crippen LogP contribution in [0.4, 0.5) is 0 Å². The summed E-state index contributed by atoms with van der Waals surface area (Å²) < 4.78 is 0.876.